The van der Waals surface area contributed by atoms with Crippen LogP contribution in [0.2, 0.25) is 0 Å². The van der Waals surface area contributed by atoms with E-state index in [2.05, 4.69) is 41.2 Å². The maximum absolute atomic E-state index is 12.8. The Kier molecular flexibility index (Phi) is 6.74. The fourth-order valence-corrected chi connectivity index (χ4v) is 4.92. The number of hydrogen-bond donors (Lipinski definition) is 2. The van der Waals surface area contributed by atoms with E-state index >= 15 is 0 Å². The summed E-state index contributed by atoms with van der Waals surface area (Å²) in [5.74, 6) is 0. The maximum Gasteiger partial charge on any atom is 0.253 e. The first-order chi connectivity index (χ1) is 14.5. The van der Waals surface area contributed by atoms with Crippen molar-refractivity contribution in [3.63, 3.8) is 0 Å². The number of hydrogen-bond acceptors (Lipinski definition) is 3. The molecule has 0 bridgehead atoms. The number of ether oxygens (including phenoxy) is 1. The number of aromatic nitrogens is 1. The van der Waals surface area contributed by atoms with E-state index in [-0.39, 0.29) is 11.7 Å². The zero-order valence-corrected chi connectivity index (χ0v) is 18.9. The van der Waals surface area contributed by atoms with Crippen molar-refractivity contribution < 1.29 is 4.74 Å². The molecule has 1 saturated heterocycles. The van der Waals surface area contributed by atoms with Crippen LogP contribution in [0, 0.1) is 13.8 Å². The third-order valence-electron chi connectivity index (χ3n) is 6.56. The molecule has 0 unspecified atom stereocenters. The standard InChI is InChI=1S/C24H33N3O2S/c1-16-11-18-13-19(23(28)26-22(18)12-17(16)2)14-27(15-21-9-6-10-29-21)24(30)25-20-7-4-3-5-8-20/h11-13,20-21H,3-10,14-15H2,1-2H3,(H,25,30)(H,26,28)/t21-/m0/s1. The summed E-state index contributed by atoms with van der Waals surface area (Å²) < 4.78 is 5.88. The molecule has 6 heteroatoms. The summed E-state index contributed by atoms with van der Waals surface area (Å²) >= 11 is 5.81. The van der Waals surface area contributed by atoms with Crippen LogP contribution in [0.15, 0.2) is 23.0 Å². The van der Waals surface area contributed by atoms with Crippen LogP contribution in [0.5, 0.6) is 0 Å². The molecule has 1 aliphatic carbocycles. The molecule has 1 aromatic carbocycles. The van der Waals surface area contributed by atoms with Crippen LogP contribution in [0.1, 0.15) is 61.6 Å². The van der Waals surface area contributed by atoms with Crippen molar-refractivity contribution in [2.75, 3.05) is 13.2 Å². The van der Waals surface area contributed by atoms with Crippen molar-refractivity contribution >= 4 is 28.2 Å². The van der Waals surface area contributed by atoms with Gasteiger partial charge >= 0.3 is 0 Å². The molecule has 2 aromatic rings. The van der Waals surface area contributed by atoms with Gasteiger partial charge in [-0.3, -0.25) is 4.79 Å². The third kappa shape index (κ3) is 5.03. The second-order valence-electron chi connectivity index (χ2n) is 8.95. The lowest BCUT2D eigenvalue weighted by Crippen LogP contribution is -2.47. The van der Waals surface area contributed by atoms with E-state index < -0.39 is 0 Å². The van der Waals surface area contributed by atoms with E-state index in [1.165, 1.54) is 43.2 Å². The van der Waals surface area contributed by atoms with E-state index in [0.717, 1.165) is 47.6 Å². The quantitative estimate of drug-likeness (QED) is 0.696. The van der Waals surface area contributed by atoms with Gasteiger partial charge in [-0.1, -0.05) is 19.3 Å². The summed E-state index contributed by atoms with van der Waals surface area (Å²) in [7, 11) is 0. The average Bonchev–Trinajstić information content (AvgIpc) is 3.23. The highest BCUT2D eigenvalue weighted by atomic mass is 32.1. The molecule has 162 valence electrons. The molecule has 1 aliphatic heterocycles. The van der Waals surface area contributed by atoms with Gasteiger partial charge in [0.15, 0.2) is 5.11 Å². The molecule has 0 amide bonds. The fourth-order valence-electron chi connectivity index (χ4n) is 4.61. The lowest BCUT2D eigenvalue weighted by Gasteiger charge is -2.32. The number of pyridine rings is 1. The van der Waals surface area contributed by atoms with Crippen LogP contribution in [-0.4, -0.2) is 40.3 Å². The van der Waals surface area contributed by atoms with Crippen LogP contribution in [-0.2, 0) is 11.3 Å². The molecule has 2 N–H and O–H groups in total. The van der Waals surface area contributed by atoms with Crippen LogP contribution >= 0.6 is 12.2 Å². The highest BCUT2D eigenvalue weighted by molar-refractivity contribution is 7.80. The molecule has 1 saturated carbocycles. The highest BCUT2D eigenvalue weighted by Gasteiger charge is 2.24. The second kappa shape index (κ2) is 9.48. The van der Waals surface area contributed by atoms with Crippen LogP contribution in [0.4, 0.5) is 0 Å². The van der Waals surface area contributed by atoms with Crippen LogP contribution in [0.25, 0.3) is 10.9 Å². The summed E-state index contributed by atoms with van der Waals surface area (Å²) in [6, 6.07) is 6.66. The minimum atomic E-state index is -0.0384. The topological polar surface area (TPSA) is 57.4 Å². The molecule has 2 heterocycles. The lowest BCUT2D eigenvalue weighted by atomic mass is 9.96. The van der Waals surface area contributed by atoms with E-state index in [1.807, 2.05) is 6.07 Å². The van der Waals surface area contributed by atoms with Crippen molar-refractivity contribution in [1.29, 1.82) is 0 Å². The predicted octanol–water partition coefficient (Wildman–Crippen LogP) is 4.33. The summed E-state index contributed by atoms with van der Waals surface area (Å²) in [5, 5.41) is 5.39. The normalized spacial score (nSPS) is 19.9. The monoisotopic (exact) mass is 427 g/mol. The van der Waals surface area contributed by atoms with E-state index in [4.69, 9.17) is 17.0 Å². The summed E-state index contributed by atoms with van der Waals surface area (Å²) in [5.41, 5.74) is 4.01. The van der Waals surface area contributed by atoms with Gasteiger partial charge in [-0.25, -0.2) is 0 Å². The number of nitrogens with one attached hydrogen (secondary N) is 2. The van der Waals surface area contributed by atoms with Crippen molar-refractivity contribution in [2.24, 2.45) is 0 Å². The van der Waals surface area contributed by atoms with Gasteiger partial charge in [-0.05, 0) is 86.5 Å². The Morgan fingerprint density at radius 3 is 2.63 bits per heavy atom. The average molecular weight is 428 g/mol. The van der Waals surface area contributed by atoms with Gasteiger partial charge in [0.1, 0.15) is 0 Å². The number of rotatable bonds is 5. The summed E-state index contributed by atoms with van der Waals surface area (Å²) in [4.78, 5) is 18.0. The number of aromatic amines is 1. The largest absolute Gasteiger partial charge is 0.376 e. The molecule has 0 radical (unpaired) electrons. The Morgan fingerprint density at radius 1 is 1.13 bits per heavy atom. The van der Waals surface area contributed by atoms with Gasteiger partial charge in [-0.2, -0.15) is 0 Å². The van der Waals surface area contributed by atoms with Gasteiger partial charge in [-0.15, -0.1) is 0 Å². The Labute approximate surface area is 184 Å². The molecule has 30 heavy (non-hydrogen) atoms. The molecule has 4 rings (SSSR count). The molecular weight excluding hydrogens is 394 g/mol. The summed E-state index contributed by atoms with van der Waals surface area (Å²) in [6.07, 6.45) is 8.50. The SMILES string of the molecule is Cc1cc2cc(CN(C[C@@H]3CCCO3)C(=S)NC3CCCCC3)c(=O)[nH]c2cc1C. The first kappa shape index (κ1) is 21.3. The van der Waals surface area contributed by atoms with Gasteiger partial charge < -0.3 is 19.9 Å². The van der Waals surface area contributed by atoms with Crippen molar-refractivity contribution in [1.82, 2.24) is 15.2 Å². The number of nitrogens with zero attached hydrogens (tertiary/aromatic N) is 1. The lowest BCUT2D eigenvalue weighted by molar-refractivity contribution is 0.0894. The number of H-pyrrole nitrogens is 1. The number of thiocarbonyl (C=S) groups is 1. The molecule has 1 aromatic heterocycles. The Balaban J connectivity index is 1.56. The summed E-state index contributed by atoms with van der Waals surface area (Å²) in [6.45, 7) is 6.21. The van der Waals surface area contributed by atoms with Crippen molar-refractivity contribution in [3.05, 3.63) is 45.2 Å². The van der Waals surface area contributed by atoms with Crippen molar-refractivity contribution in [2.45, 2.75) is 77.5 Å². The first-order valence-electron chi connectivity index (χ1n) is 11.3. The van der Waals surface area contributed by atoms with Crippen molar-refractivity contribution in [3.8, 4) is 0 Å². The third-order valence-corrected chi connectivity index (χ3v) is 6.94. The van der Waals surface area contributed by atoms with Gasteiger partial charge in [0.05, 0.1) is 12.6 Å². The van der Waals surface area contributed by atoms with Gasteiger partial charge in [0.25, 0.3) is 5.56 Å². The zero-order valence-electron chi connectivity index (χ0n) is 18.1. The Hall–Kier alpha value is -1.92. The molecule has 5 nitrogen and oxygen atoms in total. The Morgan fingerprint density at radius 2 is 1.90 bits per heavy atom. The molecule has 0 spiro atoms. The van der Waals surface area contributed by atoms with Gasteiger partial charge in [0, 0.05) is 30.3 Å². The molecular formula is C24H33N3O2S. The van der Waals surface area contributed by atoms with Crippen LogP contribution in [0.3, 0.4) is 0 Å². The number of benzene rings is 1. The molecule has 1 atom stereocenters. The highest BCUT2D eigenvalue weighted by Crippen LogP contribution is 2.21. The van der Waals surface area contributed by atoms with E-state index in [0.29, 0.717) is 12.6 Å². The second-order valence-corrected chi connectivity index (χ2v) is 9.33. The molecule has 2 aliphatic rings. The van der Waals surface area contributed by atoms with Crippen LogP contribution < -0.4 is 10.9 Å². The minimum absolute atomic E-state index is 0.0384. The molecule has 2 fully saturated rings. The predicted molar refractivity (Wildman–Crippen MR) is 126 cm³/mol. The van der Waals surface area contributed by atoms with E-state index in [9.17, 15) is 4.79 Å². The zero-order chi connectivity index (χ0) is 21.1. The number of aryl methyl sites for hydroxylation is 2. The first-order valence-corrected chi connectivity index (χ1v) is 11.7. The van der Waals surface area contributed by atoms with E-state index in [1.54, 1.807) is 0 Å². The Bertz CT molecular complexity index is 959. The minimum Gasteiger partial charge on any atom is -0.376 e. The smallest absolute Gasteiger partial charge is 0.253 e. The van der Waals surface area contributed by atoms with Gasteiger partial charge in [0.2, 0.25) is 0 Å². The maximum atomic E-state index is 12.8. The fraction of sp³-hybridized carbons (Fsp3) is 0.583. The number of fused-ring (bicyclic) bond motifs is 1.